The van der Waals surface area contributed by atoms with Crippen molar-refractivity contribution in [3.05, 3.63) is 24.3 Å². The van der Waals surface area contributed by atoms with E-state index in [-0.39, 0.29) is 18.5 Å². The number of hydrogen-bond acceptors (Lipinski definition) is 3. The molecule has 3 amide bonds. The average Bonchev–Trinajstić information content (AvgIpc) is 2.39. The molecule has 0 heterocycles. The maximum absolute atomic E-state index is 11.4. The van der Waals surface area contributed by atoms with Crippen LogP contribution >= 0.6 is 0 Å². The van der Waals surface area contributed by atoms with Gasteiger partial charge >= 0.3 is 6.03 Å². The minimum atomic E-state index is -0.318. The predicted octanol–water partition coefficient (Wildman–Crippen LogP) is 1.17. The Morgan fingerprint density at radius 3 is 2.42 bits per heavy atom. The van der Waals surface area contributed by atoms with Gasteiger partial charge in [0.2, 0.25) is 5.91 Å². The third-order valence-electron chi connectivity index (χ3n) is 2.61. The quantitative estimate of drug-likeness (QED) is 0.699. The van der Waals surface area contributed by atoms with Gasteiger partial charge in [0.1, 0.15) is 0 Å². The Balaban J connectivity index is 2.52. The van der Waals surface area contributed by atoms with Crippen molar-refractivity contribution in [2.45, 2.75) is 13.3 Å². The van der Waals surface area contributed by atoms with Crippen LogP contribution in [0.3, 0.4) is 0 Å². The van der Waals surface area contributed by atoms with Crippen LogP contribution in [-0.2, 0) is 4.79 Å². The molecule has 0 saturated carbocycles. The lowest BCUT2D eigenvalue weighted by Crippen LogP contribution is -2.30. The summed E-state index contributed by atoms with van der Waals surface area (Å²) >= 11 is 0. The summed E-state index contributed by atoms with van der Waals surface area (Å²) in [6.45, 7) is 1.96. The molecule has 1 aromatic carbocycles. The lowest BCUT2D eigenvalue weighted by atomic mass is 10.2. The van der Waals surface area contributed by atoms with E-state index in [9.17, 15) is 9.59 Å². The van der Waals surface area contributed by atoms with Crippen molar-refractivity contribution >= 4 is 23.3 Å². The van der Waals surface area contributed by atoms with Crippen LogP contribution < -0.4 is 15.5 Å². The van der Waals surface area contributed by atoms with Crippen molar-refractivity contribution in [2.24, 2.45) is 0 Å². The average molecular weight is 265 g/mol. The molecule has 0 atom stereocenters. The molecule has 6 heteroatoms. The summed E-state index contributed by atoms with van der Waals surface area (Å²) in [5.41, 5.74) is 1.40. The van der Waals surface area contributed by atoms with Gasteiger partial charge in [-0.05, 0) is 30.7 Å². The molecule has 0 aliphatic carbocycles. The van der Waals surface area contributed by atoms with Crippen LogP contribution in [0.25, 0.3) is 0 Å². The molecule has 0 bridgehead atoms. The summed E-state index contributed by atoms with van der Waals surface area (Å²) in [6.07, 6.45) is 0.524. The number of nitrogens with zero attached hydrogens (tertiary/aromatic N) is 1. The second-order valence-corrected chi connectivity index (χ2v) is 4.08. The number of aliphatic hydroxyl groups is 1. The molecule has 3 N–H and O–H groups in total. The number of hydrogen-bond donors (Lipinski definition) is 3. The van der Waals surface area contributed by atoms with E-state index in [0.29, 0.717) is 18.7 Å². The summed E-state index contributed by atoms with van der Waals surface area (Å²) < 4.78 is 0. The standard InChI is InChI=1S/C13H19N3O3/c1-10(18)16(2)12-6-4-11(5-7-12)15-13(19)14-8-3-9-17/h4-7,17H,3,8-9H2,1-2H3,(H2,14,15,19). The lowest BCUT2D eigenvalue weighted by molar-refractivity contribution is -0.116. The fourth-order valence-electron chi connectivity index (χ4n) is 1.41. The normalized spacial score (nSPS) is 9.84. The summed E-state index contributed by atoms with van der Waals surface area (Å²) in [5.74, 6) is -0.0533. The summed E-state index contributed by atoms with van der Waals surface area (Å²) in [5, 5.41) is 13.9. The molecule has 0 saturated heterocycles. The van der Waals surface area contributed by atoms with E-state index in [4.69, 9.17) is 5.11 Å². The van der Waals surface area contributed by atoms with E-state index >= 15 is 0 Å². The summed E-state index contributed by atoms with van der Waals surface area (Å²) in [4.78, 5) is 24.1. The van der Waals surface area contributed by atoms with E-state index in [1.165, 1.54) is 11.8 Å². The van der Waals surface area contributed by atoms with E-state index in [2.05, 4.69) is 10.6 Å². The number of carbonyl (C=O) groups is 2. The predicted molar refractivity (Wildman–Crippen MR) is 74.3 cm³/mol. The van der Waals surface area contributed by atoms with E-state index in [1.807, 2.05) is 0 Å². The molecule has 1 rings (SSSR count). The van der Waals surface area contributed by atoms with Gasteiger partial charge < -0.3 is 20.6 Å². The third kappa shape index (κ3) is 4.97. The fourth-order valence-corrected chi connectivity index (χ4v) is 1.41. The lowest BCUT2D eigenvalue weighted by Gasteiger charge is -2.15. The molecule has 0 radical (unpaired) electrons. The van der Waals surface area contributed by atoms with Crippen LogP contribution in [0.15, 0.2) is 24.3 Å². The first-order valence-corrected chi connectivity index (χ1v) is 6.04. The first-order chi connectivity index (χ1) is 9.04. The van der Waals surface area contributed by atoms with Crippen LogP contribution in [0.4, 0.5) is 16.2 Å². The Kier molecular flexibility index (Phi) is 5.81. The first-order valence-electron chi connectivity index (χ1n) is 6.04. The molecule has 1 aromatic rings. The van der Waals surface area contributed by atoms with Crippen molar-refractivity contribution in [1.82, 2.24) is 5.32 Å². The Morgan fingerprint density at radius 2 is 1.89 bits per heavy atom. The highest BCUT2D eigenvalue weighted by molar-refractivity contribution is 5.92. The monoisotopic (exact) mass is 265 g/mol. The van der Waals surface area contributed by atoms with Gasteiger partial charge in [0.15, 0.2) is 0 Å². The molecule has 0 unspecified atom stereocenters. The maximum atomic E-state index is 11.4. The SMILES string of the molecule is CC(=O)N(C)c1ccc(NC(=O)NCCCO)cc1. The van der Waals surface area contributed by atoms with Crippen LogP contribution in [0.2, 0.25) is 0 Å². The van der Waals surface area contributed by atoms with Gasteiger partial charge in [-0.3, -0.25) is 4.79 Å². The van der Waals surface area contributed by atoms with Crippen LogP contribution in [0.5, 0.6) is 0 Å². The minimum Gasteiger partial charge on any atom is -0.396 e. The largest absolute Gasteiger partial charge is 0.396 e. The summed E-state index contributed by atoms with van der Waals surface area (Å²) in [7, 11) is 1.69. The zero-order valence-corrected chi connectivity index (χ0v) is 11.1. The number of rotatable bonds is 5. The number of anilines is 2. The topological polar surface area (TPSA) is 81.7 Å². The molecular formula is C13H19N3O3. The van der Waals surface area contributed by atoms with Crippen molar-refractivity contribution in [3.8, 4) is 0 Å². The minimum absolute atomic E-state index is 0.0480. The summed E-state index contributed by atoms with van der Waals surface area (Å²) in [6, 6.07) is 6.64. The zero-order valence-electron chi connectivity index (χ0n) is 11.1. The Hall–Kier alpha value is -2.08. The molecule has 0 aliphatic rings. The van der Waals surface area contributed by atoms with Gasteiger partial charge in [-0.15, -0.1) is 0 Å². The van der Waals surface area contributed by atoms with E-state index in [1.54, 1.807) is 31.3 Å². The van der Waals surface area contributed by atoms with Gasteiger partial charge in [0, 0.05) is 38.5 Å². The zero-order chi connectivity index (χ0) is 14.3. The molecule has 19 heavy (non-hydrogen) atoms. The second kappa shape index (κ2) is 7.38. The first kappa shape index (κ1) is 15.0. The highest BCUT2D eigenvalue weighted by Crippen LogP contribution is 2.16. The van der Waals surface area contributed by atoms with Gasteiger partial charge in [-0.2, -0.15) is 0 Å². The third-order valence-corrected chi connectivity index (χ3v) is 2.61. The van der Waals surface area contributed by atoms with E-state index < -0.39 is 0 Å². The Morgan fingerprint density at radius 1 is 1.26 bits per heavy atom. The van der Waals surface area contributed by atoms with Crippen LogP contribution in [0, 0.1) is 0 Å². The smallest absolute Gasteiger partial charge is 0.319 e. The molecule has 0 fully saturated rings. The number of carbonyl (C=O) groups excluding carboxylic acids is 2. The molecular weight excluding hydrogens is 246 g/mol. The van der Waals surface area contributed by atoms with Gasteiger partial charge in [-0.25, -0.2) is 4.79 Å². The fraction of sp³-hybridized carbons (Fsp3) is 0.385. The van der Waals surface area contributed by atoms with Gasteiger partial charge in [0.05, 0.1) is 0 Å². The second-order valence-electron chi connectivity index (χ2n) is 4.08. The van der Waals surface area contributed by atoms with Crippen molar-refractivity contribution < 1.29 is 14.7 Å². The van der Waals surface area contributed by atoms with Crippen molar-refractivity contribution in [2.75, 3.05) is 30.4 Å². The highest BCUT2D eigenvalue weighted by atomic mass is 16.3. The van der Waals surface area contributed by atoms with Gasteiger partial charge in [0.25, 0.3) is 0 Å². The molecule has 0 spiro atoms. The van der Waals surface area contributed by atoms with Gasteiger partial charge in [-0.1, -0.05) is 0 Å². The van der Waals surface area contributed by atoms with Crippen LogP contribution in [0.1, 0.15) is 13.3 Å². The highest BCUT2D eigenvalue weighted by Gasteiger charge is 2.05. The number of benzene rings is 1. The maximum Gasteiger partial charge on any atom is 0.319 e. The number of amides is 3. The van der Waals surface area contributed by atoms with Crippen molar-refractivity contribution in [1.29, 1.82) is 0 Å². The molecule has 0 aliphatic heterocycles. The van der Waals surface area contributed by atoms with Crippen molar-refractivity contribution in [3.63, 3.8) is 0 Å². The number of nitrogens with one attached hydrogen (secondary N) is 2. The number of urea groups is 1. The molecule has 0 aromatic heterocycles. The van der Waals surface area contributed by atoms with Crippen LogP contribution in [-0.4, -0.2) is 37.2 Å². The Labute approximate surface area is 112 Å². The molecule has 104 valence electrons. The van der Waals surface area contributed by atoms with E-state index in [0.717, 1.165) is 5.69 Å². The Bertz CT molecular complexity index is 431. The molecule has 6 nitrogen and oxygen atoms in total. The number of aliphatic hydroxyl groups excluding tert-OH is 1.